The second-order valence-electron chi connectivity index (χ2n) is 8.00. The molecule has 1 N–H and O–H groups in total. The molecule has 1 aromatic carbocycles. The number of nitrogens with one attached hydrogen (secondary N) is 1. The zero-order chi connectivity index (χ0) is 19.7. The Labute approximate surface area is 174 Å². The minimum atomic E-state index is 0.419. The van der Waals surface area contributed by atoms with Crippen LogP contribution in [0.4, 0.5) is 5.95 Å². The summed E-state index contributed by atoms with van der Waals surface area (Å²) in [4.78, 5) is 14.0. The van der Waals surface area contributed by atoms with Crippen LogP contribution in [0.5, 0.6) is 0 Å². The number of nitrogens with zero attached hydrogens (tertiary/aromatic N) is 4. The average Bonchev–Trinajstić information content (AvgIpc) is 3.08. The third kappa shape index (κ3) is 5.75. The first kappa shape index (κ1) is 20.3. The first-order chi connectivity index (χ1) is 14.4. The standard InChI is InChI=1S/C23H33N5O/c1-2-7-11-27(10-6-1)22(21-8-4-3-5-9-21)19-24-16-20-17-25-23(26-18-20)28-12-14-29-15-13-28/h3-5,8-9,17-18,22,24H,1-2,6-7,10-16,19H2/t22-/m0/s1. The van der Waals surface area contributed by atoms with Crippen molar-refractivity contribution in [2.45, 2.75) is 38.3 Å². The molecule has 6 heteroatoms. The van der Waals surface area contributed by atoms with Crippen molar-refractivity contribution >= 4 is 5.95 Å². The molecule has 2 fully saturated rings. The van der Waals surface area contributed by atoms with E-state index in [1.54, 1.807) is 0 Å². The van der Waals surface area contributed by atoms with E-state index in [2.05, 4.69) is 55.4 Å². The molecule has 1 aromatic heterocycles. The topological polar surface area (TPSA) is 53.5 Å². The lowest BCUT2D eigenvalue weighted by molar-refractivity contribution is 0.122. The Bertz CT molecular complexity index is 710. The fourth-order valence-electron chi connectivity index (χ4n) is 4.26. The van der Waals surface area contributed by atoms with Crippen LogP contribution in [0.1, 0.15) is 42.9 Å². The number of hydrogen-bond acceptors (Lipinski definition) is 6. The van der Waals surface area contributed by atoms with Crippen LogP contribution in [-0.4, -0.2) is 60.8 Å². The van der Waals surface area contributed by atoms with E-state index in [0.717, 1.165) is 50.9 Å². The Hall–Kier alpha value is -2.02. The molecule has 0 saturated carbocycles. The third-order valence-electron chi connectivity index (χ3n) is 5.92. The Morgan fingerprint density at radius 1 is 0.897 bits per heavy atom. The highest BCUT2D eigenvalue weighted by Gasteiger charge is 2.21. The smallest absolute Gasteiger partial charge is 0.225 e. The largest absolute Gasteiger partial charge is 0.378 e. The molecule has 1 atom stereocenters. The summed E-state index contributed by atoms with van der Waals surface area (Å²) in [6.45, 7) is 7.36. The highest BCUT2D eigenvalue weighted by atomic mass is 16.5. The van der Waals surface area contributed by atoms with E-state index in [9.17, 15) is 0 Å². The quantitative estimate of drug-likeness (QED) is 0.778. The van der Waals surface area contributed by atoms with Gasteiger partial charge < -0.3 is 15.0 Å². The van der Waals surface area contributed by atoms with Gasteiger partial charge in [0.05, 0.1) is 13.2 Å². The van der Waals surface area contributed by atoms with Gasteiger partial charge in [-0.15, -0.1) is 0 Å². The lowest BCUT2D eigenvalue weighted by Gasteiger charge is -2.31. The maximum Gasteiger partial charge on any atom is 0.225 e. The van der Waals surface area contributed by atoms with Crippen LogP contribution >= 0.6 is 0 Å². The SMILES string of the molecule is c1ccc([C@H](CNCc2cnc(N3CCOCC3)nc2)N2CCCCCC2)cc1. The second kappa shape index (κ2) is 10.7. The van der Waals surface area contributed by atoms with Crippen molar-refractivity contribution in [2.75, 3.05) is 50.8 Å². The van der Waals surface area contributed by atoms with Gasteiger partial charge in [-0.2, -0.15) is 0 Å². The van der Waals surface area contributed by atoms with Gasteiger partial charge in [0.25, 0.3) is 0 Å². The number of rotatable bonds is 7. The Morgan fingerprint density at radius 3 is 2.28 bits per heavy atom. The van der Waals surface area contributed by atoms with E-state index >= 15 is 0 Å². The second-order valence-corrected chi connectivity index (χ2v) is 8.00. The Balaban J connectivity index is 1.34. The molecule has 2 aromatic rings. The zero-order valence-electron chi connectivity index (χ0n) is 17.3. The normalized spacial score (nSPS) is 19.7. The summed E-state index contributed by atoms with van der Waals surface area (Å²) in [6.07, 6.45) is 9.24. The molecule has 0 aliphatic carbocycles. The number of benzene rings is 1. The van der Waals surface area contributed by atoms with Gasteiger partial charge in [0, 0.05) is 50.2 Å². The first-order valence-corrected chi connectivity index (χ1v) is 11.0. The van der Waals surface area contributed by atoms with Gasteiger partial charge in [0.2, 0.25) is 5.95 Å². The van der Waals surface area contributed by atoms with E-state index in [-0.39, 0.29) is 0 Å². The van der Waals surface area contributed by atoms with Gasteiger partial charge in [-0.1, -0.05) is 43.2 Å². The number of ether oxygens (including phenoxy) is 1. The molecule has 156 valence electrons. The molecule has 0 unspecified atom stereocenters. The Kier molecular flexibility index (Phi) is 7.45. The Morgan fingerprint density at radius 2 is 1.59 bits per heavy atom. The maximum absolute atomic E-state index is 5.40. The molecular weight excluding hydrogens is 362 g/mol. The first-order valence-electron chi connectivity index (χ1n) is 11.0. The summed E-state index contributed by atoms with van der Waals surface area (Å²) in [5.74, 6) is 0.809. The van der Waals surface area contributed by atoms with Crippen LogP contribution in [-0.2, 0) is 11.3 Å². The fourth-order valence-corrected chi connectivity index (χ4v) is 4.26. The minimum absolute atomic E-state index is 0.419. The minimum Gasteiger partial charge on any atom is -0.378 e. The van der Waals surface area contributed by atoms with Gasteiger partial charge in [-0.25, -0.2) is 9.97 Å². The summed E-state index contributed by atoms with van der Waals surface area (Å²) in [5.41, 5.74) is 2.53. The fraction of sp³-hybridized carbons (Fsp3) is 0.565. The number of hydrogen-bond donors (Lipinski definition) is 1. The van der Waals surface area contributed by atoms with E-state index in [0.29, 0.717) is 6.04 Å². The van der Waals surface area contributed by atoms with Gasteiger partial charge in [0.1, 0.15) is 0 Å². The molecule has 0 radical (unpaired) electrons. The van der Waals surface area contributed by atoms with Crippen molar-refractivity contribution in [1.82, 2.24) is 20.2 Å². The molecule has 2 aliphatic rings. The van der Waals surface area contributed by atoms with Crippen molar-refractivity contribution in [3.8, 4) is 0 Å². The van der Waals surface area contributed by atoms with E-state index in [1.807, 2.05) is 12.4 Å². The highest BCUT2D eigenvalue weighted by molar-refractivity contribution is 5.30. The van der Waals surface area contributed by atoms with Crippen molar-refractivity contribution in [1.29, 1.82) is 0 Å². The number of anilines is 1. The van der Waals surface area contributed by atoms with Crippen molar-refractivity contribution in [3.05, 3.63) is 53.9 Å². The monoisotopic (exact) mass is 395 g/mol. The van der Waals surface area contributed by atoms with Crippen molar-refractivity contribution in [3.63, 3.8) is 0 Å². The predicted octanol–water partition coefficient (Wildman–Crippen LogP) is 3.02. The summed E-state index contributed by atoms with van der Waals surface area (Å²) < 4.78 is 5.40. The summed E-state index contributed by atoms with van der Waals surface area (Å²) in [7, 11) is 0. The average molecular weight is 396 g/mol. The van der Waals surface area contributed by atoms with Crippen LogP contribution < -0.4 is 10.2 Å². The zero-order valence-corrected chi connectivity index (χ0v) is 17.3. The van der Waals surface area contributed by atoms with Crippen LogP contribution in [0.3, 0.4) is 0 Å². The molecule has 29 heavy (non-hydrogen) atoms. The van der Waals surface area contributed by atoms with Crippen molar-refractivity contribution in [2.24, 2.45) is 0 Å². The van der Waals surface area contributed by atoms with Gasteiger partial charge in [-0.05, 0) is 31.5 Å². The number of likely N-dealkylation sites (tertiary alicyclic amines) is 1. The maximum atomic E-state index is 5.40. The highest BCUT2D eigenvalue weighted by Crippen LogP contribution is 2.23. The molecule has 6 nitrogen and oxygen atoms in total. The summed E-state index contributed by atoms with van der Waals surface area (Å²) >= 11 is 0. The summed E-state index contributed by atoms with van der Waals surface area (Å²) in [6, 6.07) is 11.3. The lowest BCUT2D eigenvalue weighted by Crippen LogP contribution is -2.37. The van der Waals surface area contributed by atoms with Gasteiger partial charge >= 0.3 is 0 Å². The van der Waals surface area contributed by atoms with E-state index in [1.165, 1.54) is 44.3 Å². The molecule has 0 spiro atoms. The van der Waals surface area contributed by atoms with Crippen LogP contribution in [0.25, 0.3) is 0 Å². The molecule has 4 rings (SSSR count). The number of morpholine rings is 1. The van der Waals surface area contributed by atoms with Gasteiger partial charge in [0.15, 0.2) is 0 Å². The van der Waals surface area contributed by atoms with E-state index < -0.39 is 0 Å². The molecule has 3 heterocycles. The van der Waals surface area contributed by atoms with Crippen LogP contribution in [0.2, 0.25) is 0 Å². The molecule has 0 amide bonds. The predicted molar refractivity (Wildman–Crippen MR) is 116 cm³/mol. The van der Waals surface area contributed by atoms with Gasteiger partial charge in [-0.3, -0.25) is 4.90 Å². The van der Waals surface area contributed by atoms with E-state index in [4.69, 9.17) is 4.74 Å². The summed E-state index contributed by atoms with van der Waals surface area (Å²) in [5, 5.41) is 3.66. The molecular formula is C23H33N5O. The third-order valence-corrected chi connectivity index (χ3v) is 5.92. The lowest BCUT2D eigenvalue weighted by atomic mass is 10.0. The van der Waals surface area contributed by atoms with Crippen LogP contribution in [0, 0.1) is 0 Å². The molecule has 2 saturated heterocycles. The molecule has 0 bridgehead atoms. The van der Waals surface area contributed by atoms with Crippen LogP contribution in [0.15, 0.2) is 42.7 Å². The molecule has 2 aliphatic heterocycles. The van der Waals surface area contributed by atoms with Crippen molar-refractivity contribution < 1.29 is 4.74 Å². The number of aromatic nitrogens is 2.